The van der Waals surface area contributed by atoms with Crippen LogP contribution in [0.1, 0.15) is 17.4 Å². The van der Waals surface area contributed by atoms with Crippen LogP contribution in [0.2, 0.25) is 0 Å². The summed E-state index contributed by atoms with van der Waals surface area (Å²) in [5, 5.41) is 6.88. The number of sulfonamides is 1. The Morgan fingerprint density at radius 3 is 2.70 bits per heavy atom. The van der Waals surface area contributed by atoms with Crippen LogP contribution < -0.4 is 15.4 Å². The summed E-state index contributed by atoms with van der Waals surface area (Å²) in [6.07, 6.45) is 3.56. The maximum atomic E-state index is 12.8. The summed E-state index contributed by atoms with van der Waals surface area (Å²) >= 11 is 5.33. The number of rotatable bonds is 9. The van der Waals surface area contributed by atoms with Crippen molar-refractivity contribution >= 4 is 52.2 Å². The lowest BCUT2D eigenvalue weighted by Crippen LogP contribution is -2.36. The molecule has 30 heavy (non-hydrogen) atoms. The van der Waals surface area contributed by atoms with Crippen molar-refractivity contribution in [1.29, 1.82) is 0 Å². The minimum absolute atomic E-state index is 0.118. The standard InChI is InChI=1S/C19H23N3O5S3/c1-3-27-16-8-6-14(13-17(16)30(25,26)22(28)19(24)20-2)10-11-21-18(23)9-7-15-5-4-12-29-15/h4-9,12-13,28H,3,10-11H2,1-2H3,(H,20,24)(H,21,23). The van der Waals surface area contributed by atoms with Gasteiger partial charge in [-0.15, -0.1) is 11.3 Å². The van der Waals surface area contributed by atoms with E-state index in [0.717, 1.165) is 4.88 Å². The number of benzene rings is 1. The Morgan fingerprint density at radius 1 is 1.30 bits per heavy atom. The van der Waals surface area contributed by atoms with E-state index in [1.807, 2.05) is 17.5 Å². The van der Waals surface area contributed by atoms with E-state index in [0.29, 0.717) is 22.2 Å². The summed E-state index contributed by atoms with van der Waals surface area (Å²) in [5.41, 5.74) is 0.651. The number of carbonyl (C=O) groups excluding carboxylic acids is 2. The minimum atomic E-state index is -4.24. The van der Waals surface area contributed by atoms with E-state index in [4.69, 9.17) is 4.74 Å². The molecule has 0 spiro atoms. The number of ether oxygens (including phenoxy) is 1. The molecule has 1 aromatic carbocycles. The number of thiol groups is 1. The molecule has 2 rings (SSSR count). The van der Waals surface area contributed by atoms with Crippen LogP contribution in [-0.4, -0.2) is 44.3 Å². The molecule has 1 aromatic heterocycles. The molecule has 0 unspecified atom stereocenters. The summed E-state index contributed by atoms with van der Waals surface area (Å²) in [4.78, 5) is 24.5. The van der Waals surface area contributed by atoms with Gasteiger partial charge in [0, 0.05) is 24.5 Å². The van der Waals surface area contributed by atoms with E-state index in [1.165, 1.54) is 36.6 Å². The highest BCUT2D eigenvalue weighted by Gasteiger charge is 2.29. The molecule has 8 nitrogen and oxygen atoms in total. The average Bonchev–Trinajstić information content (AvgIpc) is 3.25. The van der Waals surface area contributed by atoms with Crippen LogP contribution >= 0.6 is 24.2 Å². The van der Waals surface area contributed by atoms with Crippen molar-refractivity contribution < 1.29 is 22.7 Å². The van der Waals surface area contributed by atoms with Gasteiger partial charge in [0.2, 0.25) is 5.91 Å². The number of urea groups is 1. The normalized spacial score (nSPS) is 11.3. The second kappa shape index (κ2) is 11.0. The summed E-state index contributed by atoms with van der Waals surface area (Å²) in [6, 6.07) is 7.56. The fourth-order valence-electron chi connectivity index (χ4n) is 2.42. The largest absolute Gasteiger partial charge is 0.492 e. The lowest BCUT2D eigenvalue weighted by Gasteiger charge is -2.18. The van der Waals surface area contributed by atoms with Crippen LogP contribution in [0.5, 0.6) is 5.75 Å². The van der Waals surface area contributed by atoms with Gasteiger partial charge in [-0.3, -0.25) is 4.79 Å². The molecule has 0 saturated heterocycles. The first-order valence-corrected chi connectivity index (χ1v) is 11.7. The quantitative estimate of drug-likeness (QED) is 0.387. The zero-order chi connectivity index (χ0) is 22.1. The van der Waals surface area contributed by atoms with Gasteiger partial charge in [0.25, 0.3) is 10.0 Å². The highest BCUT2D eigenvalue weighted by atomic mass is 32.3. The third-order valence-corrected chi connectivity index (χ3v) is 7.02. The zero-order valence-electron chi connectivity index (χ0n) is 16.5. The molecule has 2 aromatic rings. The predicted octanol–water partition coefficient (Wildman–Crippen LogP) is 2.69. The highest BCUT2D eigenvalue weighted by Crippen LogP contribution is 2.29. The Hall–Kier alpha value is -2.50. The van der Waals surface area contributed by atoms with Gasteiger partial charge in [0.15, 0.2) is 0 Å². The van der Waals surface area contributed by atoms with Gasteiger partial charge >= 0.3 is 6.03 Å². The van der Waals surface area contributed by atoms with E-state index in [-0.39, 0.29) is 23.2 Å². The van der Waals surface area contributed by atoms with Crippen molar-refractivity contribution in [2.45, 2.75) is 18.2 Å². The molecule has 0 radical (unpaired) electrons. The van der Waals surface area contributed by atoms with E-state index in [1.54, 1.807) is 19.1 Å². The van der Waals surface area contributed by atoms with Gasteiger partial charge in [0.1, 0.15) is 10.6 Å². The maximum Gasteiger partial charge on any atom is 0.341 e. The first-order valence-electron chi connectivity index (χ1n) is 9.00. The van der Waals surface area contributed by atoms with Crippen molar-refractivity contribution in [3.63, 3.8) is 0 Å². The minimum Gasteiger partial charge on any atom is -0.492 e. The van der Waals surface area contributed by atoms with Crippen LogP contribution in [-0.2, 0) is 21.2 Å². The number of hydrogen-bond donors (Lipinski definition) is 3. The van der Waals surface area contributed by atoms with Crippen LogP contribution in [0, 0.1) is 0 Å². The summed E-state index contributed by atoms with van der Waals surface area (Å²) in [7, 11) is -2.94. The Bertz CT molecular complexity index is 1000. The van der Waals surface area contributed by atoms with Crippen molar-refractivity contribution in [3.05, 3.63) is 52.2 Å². The SMILES string of the molecule is CCOc1ccc(CCNC(=O)C=Cc2cccs2)cc1S(=O)(=O)N(S)C(=O)NC. The average molecular weight is 470 g/mol. The smallest absolute Gasteiger partial charge is 0.341 e. The molecule has 0 aliphatic heterocycles. The fraction of sp³-hybridized carbons (Fsp3) is 0.263. The molecule has 0 aliphatic carbocycles. The van der Waals surface area contributed by atoms with Gasteiger partial charge in [-0.05, 0) is 61.4 Å². The van der Waals surface area contributed by atoms with E-state index < -0.39 is 16.1 Å². The number of nitrogens with zero attached hydrogens (tertiary/aromatic N) is 1. The molecule has 0 fully saturated rings. The number of hydrogen-bond acceptors (Lipinski definition) is 7. The molecule has 3 amide bonds. The molecular formula is C19H23N3O5S3. The highest BCUT2D eigenvalue weighted by molar-refractivity contribution is 8.00. The van der Waals surface area contributed by atoms with Gasteiger partial charge < -0.3 is 15.4 Å². The maximum absolute atomic E-state index is 12.8. The van der Waals surface area contributed by atoms with Crippen LogP contribution in [0.4, 0.5) is 4.79 Å². The monoisotopic (exact) mass is 469 g/mol. The Balaban J connectivity index is 2.11. The molecular weight excluding hydrogens is 446 g/mol. The first-order chi connectivity index (χ1) is 14.3. The van der Waals surface area contributed by atoms with Crippen LogP contribution in [0.25, 0.3) is 6.08 Å². The zero-order valence-corrected chi connectivity index (χ0v) is 19.0. The molecule has 0 saturated carbocycles. The fourth-order valence-corrected chi connectivity index (χ4v) is 4.57. The number of thiophene rings is 1. The van der Waals surface area contributed by atoms with Crippen molar-refractivity contribution in [2.24, 2.45) is 0 Å². The molecule has 0 atom stereocenters. The predicted molar refractivity (Wildman–Crippen MR) is 120 cm³/mol. The molecule has 0 bridgehead atoms. The van der Waals surface area contributed by atoms with Crippen molar-refractivity contribution in [3.8, 4) is 5.75 Å². The summed E-state index contributed by atoms with van der Waals surface area (Å²) in [6.45, 7) is 2.28. The van der Waals surface area contributed by atoms with Crippen molar-refractivity contribution in [2.75, 3.05) is 20.2 Å². The van der Waals surface area contributed by atoms with Gasteiger partial charge in [-0.25, -0.2) is 4.79 Å². The van der Waals surface area contributed by atoms with E-state index in [2.05, 4.69) is 23.4 Å². The lowest BCUT2D eigenvalue weighted by molar-refractivity contribution is -0.116. The molecule has 1 heterocycles. The first kappa shape index (κ1) is 23.8. The second-order valence-corrected chi connectivity index (χ2v) is 9.31. The van der Waals surface area contributed by atoms with Crippen LogP contribution in [0.3, 0.4) is 0 Å². The van der Waals surface area contributed by atoms with Crippen LogP contribution in [0.15, 0.2) is 46.7 Å². The van der Waals surface area contributed by atoms with Gasteiger partial charge in [0.05, 0.1) is 6.61 Å². The topological polar surface area (TPSA) is 105 Å². The Morgan fingerprint density at radius 2 is 2.07 bits per heavy atom. The number of amides is 3. The Labute approximate surface area is 185 Å². The molecule has 2 N–H and O–H groups in total. The molecule has 162 valence electrons. The summed E-state index contributed by atoms with van der Waals surface area (Å²) < 4.78 is 31.3. The molecule has 11 heteroatoms. The number of carbonyl (C=O) groups is 2. The van der Waals surface area contributed by atoms with Gasteiger partial charge in [-0.2, -0.15) is 12.1 Å². The third kappa shape index (κ3) is 6.25. The lowest BCUT2D eigenvalue weighted by atomic mass is 10.1. The summed E-state index contributed by atoms with van der Waals surface area (Å²) in [5.74, 6) is -0.129. The Kier molecular flexibility index (Phi) is 8.75. The number of nitrogens with one attached hydrogen (secondary N) is 2. The molecule has 0 aliphatic rings. The van der Waals surface area contributed by atoms with E-state index in [9.17, 15) is 18.0 Å². The van der Waals surface area contributed by atoms with Crippen molar-refractivity contribution in [1.82, 2.24) is 14.3 Å². The third-order valence-electron chi connectivity index (χ3n) is 3.86. The second-order valence-electron chi connectivity index (χ2n) is 5.91. The van der Waals surface area contributed by atoms with E-state index >= 15 is 0 Å². The van der Waals surface area contributed by atoms with Gasteiger partial charge in [-0.1, -0.05) is 12.1 Å².